The topological polar surface area (TPSA) is 66.5 Å². The van der Waals surface area contributed by atoms with Crippen LogP contribution in [-0.4, -0.2) is 21.8 Å². The van der Waals surface area contributed by atoms with Crippen LogP contribution < -0.4 is 0 Å². The fourth-order valence-electron chi connectivity index (χ4n) is 1.31. The molecule has 2 N–H and O–H groups in total. The Morgan fingerprint density at radius 2 is 2.07 bits per heavy atom. The van der Waals surface area contributed by atoms with Gasteiger partial charge in [-0.15, -0.1) is 0 Å². The number of phenolic OH excluding ortho intramolecular Hbond substituents is 1. The van der Waals surface area contributed by atoms with Crippen LogP contribution in [0.1, 0.15) is 5.76 Å². The van der Waals surface area contributed by atoms with E-state index in [9.17, 15) is 5.11 Å². The highest BCUT2D eigenvalue weighted by Gasteiger charge is 2.09. The Balaban J connectivity index is 2.33. The van der Waals surface area contributed by atoms with Gasteiger partial charge in [0.25, 0.3) is 0 Å². The predicted octanol–water partition coefficient (Wildman–Crippen LogP) is 1.58. The first kappa shape index (κ1) is 9.73. The molecule has 4 heteroatoms. The third-order valence-corrected chi connectivity index (χ3v) is 2.05. The minimum Gasteiger partial charge on any atom is -0.507 e. The summed E-state index contributed by atoms with van der Waals surface area (Å²) in [6.45, 7) is 0.0232. The number of hydrogen-bond acceptors (Lipinski definition) is 4. The molecule has 78 valence electrons. The Bertz CT molecular complexity index is 451. The van der Waals surface area contributed by atoms with Crippen LogP contribution in [0.5, 0.6) is 5.75 Å². The van der Waals surface area contributed by atoms with Crippen molar-refractivity contribution in [2.24, 2.45) is 0 Å². The molecule has 0 aliphatic carbocycles. The lowest BCUT2D eigenvalue weighted by Gasteiger charge is -1.98. The van der Waals surface area contributed by atoms with E-state index in [2.05, 4.69) is 4.98 Å². The highest BCUT2D eigenvalue weighted by Crippen LogP contribution is 2.27. The summed E-state index contributed by atoms with van der Waals surface area (Å²) in [4.78, 5) is 4.03. The van der Waals surface area contributed by atoms with E-state index in [1.54, 1.807) is 30.5 Å². The molecule has 2 rings (SSSR count). The normalized spacial score (nSPS) is 10.5. The molecular formula is C11H11NO3. The molecule has 0 amide bonds. The van der Waals surface area contributed by atoms with Crippen LogP contribution in [0.3, 0.4) is 0 Å². The number of aliphatic hydroxyl groups is 1. The lowest BCUT2D eigenvalue weighted by Crippen LogP contribution is -1.86. The highest BCUT2D eigenvalue weighted by molar-refractivity contribution is 5.61. The number of oxazole rings is 1. The number of aliphatic hydroxyl groups excluding tert-OH is 1. The quantitative estimate of drug-likeness (QED) is 0.798. The molecule has 1 aromatic carbocycles. The summed E-state index contributed by atoms with van der Waals surface area (Å²) in [7, 11) is 0. The molecule has 0 fully saturated rings. The molecule has 0 unspecified atom stereocenters. The van der Waals surface area contributed by atoms with Crippen molar-refractivity contribution in [1.82, 2.24) is 4.98 Å². The molecule has 0 atom stereocenters. The zero-order valence-corrected chi connectivity index (χ0v) is 8.05. The number of benzene rings is 1. The average molecular weight is 205 g/mol. The third-order valence-electron chi connectivity index (χ3n) is 2.05. The summed E-state index contributed by atoms with van der Waals surface area (Å²) in [5.74, 6) is 1.11. The van der Waals surface area contributed by atoms with E-state index >= 15 is 0 Å². The minimum absolute atomic E-state index is 0.0232. The van der Waals surface area contributed by atoms with Gasteiger partial charge in [0.05, 0.1) is 18.4 Å². The maximum atomic E-state index is 9.55. The Morgan fingerprint density at radius 3 is 2.80 bits per heavy atom. The summed E-state index contributed by atoms with van der Waals surface area (Å²) in [5, 5.41) is 18.3. The van der Waals surface area contributed by atoms with Crippen LogP contribution in [0.2, 0.25) is 0 Å². The second kappa shape index (κ2) is 4.14. The Kier molecular flexibility index (Phi) is 2.69. The van der Waals surface area contributed by atoms with Gasteiger partial charge >= 0.3 is 0 Å². The van der Waals surface area contributed by atoms with E-state index < -0.39 is 0 Å². The van der Waals surface area contributed by atoms with Gasteiger partial charge < -0.3 is 14.6 Å². The van der Waals surface area contributed by atoms with Crippen LogP contribution in [0.15, 0.2) is 34.9 Å². The molecule has 0 saturated carbocycles. The molecular weight excluding hydrogens is 194 g/mol. The van der Waals surface area contributed by atoms with Gasteiger partial charge in [-0.25, -0.2) is 4.98 Å². The van der Waals surface area contributed by atoms with Crippen LogP contribution in [0.4, 0.5) is 0 Å². The van der Waals surface area contributed by atoms with Gasteiger partial charge in [0.15, 0.2) is 0 Å². The molecule has 0 spiro atoms. The second-order valence-electron chi connectivity index (χ2n) is 3.12. The van der Waals surface area contributed by atoms with Crippen LogP contribution >= 0.6 is 0 Å². The Labute approximate surface area is 86.8 Å². The lowest BCUT2D eigenvalue weighted by molar-refractivity contribution is 0.288. The second-order valence-corrected chi connectivity index (χ2v) is 3.12. The standard InChI is InChI=1S/C11H11NO3/c13-6-5-8-7-12-11(15-8)9-3-1-2-4-10(9)14/h1-4,7,13-14H,5-6H2. The number of para-hydroxylation sites is 1. The van der Waals surface area contributed by atoms with Gasteiger partial charge in [0.1, 0.15) is 11.5 Å². The fraction of sp³-hybridized carbons (Fsp3) is 0.182. The van der Waals surface area contributed by atoms with Crippen molar-refractivity contribution < 1.29 is 14.6 Å². The van der Waals surface area contributed by atoms with E-state index in [0.29, 0.717) is 23.6 Å². The first-order valence-corrected chi connectivity index (χ1v) is 4.65. The van der Waals surface area contributed by atoms with Crippen molar-refractivity contribution in [3.05, 3.63) is 36.2 Å². The van der Waals surface area contributed by atoms with Crippen molar-refractivity contribution in [2.45, 2.75) is 6.42 Å². The summed E-state index contributed by atoms with van der Waals surface area (Å²) in [6.07, 6.45) is 1.98. The van der Waals surface area contributed by atoms with E-state index in [1.165, 1.54) is 0 Å². The van der Waals surface area contributed by atoms with Gasteiger partial charge in [-0.05, 0) is 12.1 Å². The molecule has 4 nitrogen and oxygen atoms in total. The summed E-state index contributed by atoms with van der Waals surface area (Å²) >= 11 is 0. The van der Waals surface area contributed by atoms with Crippen molar-refractivity contribution in [2.75, 3.05) is 6.61 Å². The molecule has 0 aliphatic heterocycles. The number of aromatic nitrogens is 1. The summed E-state index contributed by atoms with van der Waals surface area (Å²) in [6, 6.07) is 6.83. The van der Waals surface area contributed by atoms with Crippen LogP contribution in [0.25, 0.3) is 11.5 Å². The van der Waals surface area contributed by atoms with Crippen molar-refractivity contribution in [1.29, 1.82) is 0 Å². The SMILES string of the molecule is OCCc1cnc(-c2ccccc2O)o1. The molecule has 0 saturated heterocycles. The van der Waals surface area contributed by atoms with E-state index in [4.69, 9.17) is 9.52 Å². The van der Waals surface area contributed by atoms with Crippen LogP contribution in [-0.2, 0) is 6.42 Å². The summed E-state index contributed by atoms with van der Waals surface area (Å²) in [5.41, 5.74) is 0.557. The van der Waals surface area contributed by atoms with Gasteiger partial charge in [-0.2, -0.15) is 0 Å². The highest BCUT2D eigenvalue weighted by atomic mass is 16.4. The third kappa shape index (κ3) is 1.99. The van der Waals surface area contributed by atoms with Gasteiger partial charge in [0, 0.05) is 6.42 Å². The number of phenols is 1. The molecule has 15 heavy (non-hydrogen) atoms. The van der Waals surface area contributed by atoms with Gasteiger partial charge in [-0.1, -0.05) is 12.1 Å². The fourth-order valence-corrected chi connectivity index (χ4v) is 1.31. The monoisotopic (exact) mass is 205 g/mol. The first-order valence-electron chi connectivity index (χ1n) is 4.65. The number of hydrogen-bond donors (Lipinski definition) is 2. The maximum Gasteiger partial charge on any atom is 0.229 e. The minimum atomic E-state index is 0.0232. The number of rotatable bonds is 3. The van der Waals surface area contributed by atoms with Gasteiger partial charge in [-0.3, -0.25) is 0 Å². The summed E-state index contributed by atoms with van der Waals surface area (Å²) < 4.78 is 5.36. The smallest absolute Gasteiger partial charge is 0.229 e. The van der Waals surface area contributed by atoms with E-state index in [1.807, 2.05) is 0 Å². The predicted molar refractivity (Wildman–Crippen MR) is 54.4 cm³/mol. The van der Waals surface area contributed by atoms with Crippen LogP contribution in [0, 0.1) is 0 Å². The van der Waals surface area contributed by atoms with Crippen molar-refractivity contribution in [3.8, 4) is 17.2 Å². The average Bonchev–Trinajstić information content (AvgIpc) is 2.68. The molecule has 0 radical (unpaired) electrons. The van der Waals surface area contributed by atoms with Gasteiger partial charge in [0.2, 0.25) is 5.89 Å². The first-order chi connectivity index (χ1) is 7.31. The Hall–Kier alpha value is -1.81. The zero-order valence-electron chi connectivity index (χ0n) is 8.05. The molecule has 1 aromatic heterocycles. The Morgan fingerprint density at radius 1 is 1.27 bits per heavy atom. The maximum absolute atomic E-state index is 9.55. The lowest BCUT2D eigenvalue weighted by atomic mass is 10.2. The van der Waals surface area contributed by atoms with E-state index in [-0.39, 0.29) is 12.4 Å². The molecule has 2 aromatic rings. The van der Waals surface area contributed by atoms with Crippen molar-refractivity contribution in [3.63, 3.8) is 0 Å². The molecule has 1 heterocycles. The van der Waals surface area contributed by atoms with Crippen molar-refractivity contribution >= 4 is 0 Å². The number of aromatic hydroxyl groups is 1. The number of nitrogens with zero attached hydrogens (tertiary/aromatic N) is 1. The zero-order chi connectivity index (χ0) is 10.7. The largest absolute Gasteiger partial charge is 0.507 e. The molecule has 0 bridgehead atoms. The van der Waals surface area contributed by atoms with E-state index in [0.717, 1.165) is 0 Å². The molecule has 0 aliphatic rings.